The highest BCUT2D eigenvalue weighted by Crippen LogP contribution is 2.33. The van der Waals surface area contributed by atoms with Crippen molar-refractivity contribution in [3.8, 4) is 11.8 Å². The van der Waals surface area contributed by atoms with Gasteiger partial charge < -0.3 is 4.74 Å². The van der Waals surface area contributed by atoms with Crippen LogP contribution < -0.4 is 4.74 Å². The Hall–Kier alpha value is -3.19. The summed E-state index contributed by atoms with van der Waals surface area (Å²) in [6.07, 6.45) is 5.01. The summed E-state index contributed by atoms with van der Waals surface area (Å²) in [4.78, 5) is 16.9. The zero-order valence-electron chi connectivity index (χ0n) is 14.6. The van der Waals surface area contributed by atoms with Crippen LogP contribution in [0, 0.1) is 24.2 Å². The van der Waals surface area contributed by atoms with Crippen LogP contribution in [-0.2, 0) is 11.2 Å². The number of methoxy groups -OCH3 is 1. The lowest BCUT2D eigenvalue weighted by molar-refractivity contribution is -0.116. The third kappa shape index (κ3) is 3.57. The van der Waals surface area contributed by atoms with Crippen molar-refractivity contribution in [3.63, 3.8) is 0 Å². The second-order valence-electron chi connectivity index (χ2n) is 6.09. The van der Waals surface area contributed by atoms with Gasteiger partial charge in [0.25, 0.3) is 0 Å². The van der Waals surface area contributed by atoms with Gasteiger partial charge in [-0.05, 0) is 55.2 Å². The van der Waals surface area contributed by atoms with E-state index in [2.05, 4.69) is 18.0 Å². The molecule has 26 heavy (non-hydrogen) atoms. The van der Waals surface area contributed by atoms with Gasteiger partial charge in [-0.15, -0.1) is 0 Å². The number of ether oxygens (including phenoxy) is 1. The Morgan fingerprint density at radius 1 is 1.19 bits per heavy atom. The van der Waals surface area contributed by atoms with Crippen molar-refractivity contribution < 1.29 is 9.53 Å². The average Bonchev–Trinajstić information content (AvgIpc) is 2.70. The minimum absolute atomic E-state index is 0.236. The molecule has 1 radical (unpaired) electrons. The van der Waals surface area contributed by atoms with Gasteiger partial charge in [0.05, 0.1) is 18.9 Å². The molecule has 0 bridgehead atoms. The molecule has 0 spiro atoms. The number of carbonyl (C=O) groups is 1. The van der Waals surface area contributed by atoms with Crippen molar-refractivity contribution in [2.24, 2.45) is 5.92 Å². The molecular formula is C22H19N2O2. The van der Waals surface area contributed by atoms with Crippen LogP contribution in [0.5, 0.6) is 5.75 Å². The van der Waals surface area contributed by atoms with Crippen molar-refractivity contribution in [1.82, 2.24) is 4.98 Å². The monoisotopic (exact) mass is 343 g/mol. The van der Waals surface area contributed by atoms with E-state index in [1.165, 1.54) is 0 Å². The van der Waals surface area contributed by atoms with Crippen LogP contribution in [0.3, 0.4) is 0 Å². The maximum atomic E-state index is 12.6. The van der Waals surface area contributed by atoms with Gasteiger partial charge in [0.15, 0.2) is 5.78 Å². The Kier molecular flexibility index (Phi) is 5.28. The Morgan fingerprint density at radius 3 is 2.58 bits per heavy atom. The number of aromatic nitrogens is 1. The quantitative estimate of drug-likeness (QED) is 0.824. The fourth-order valence-corrected chi connectivity index (χ4v) is 3.01. The van der Waals surface area contributed by atoms with Gasteiger partial charge in [-0.2, -0.15) is 5.26 Å². The number of hydrogen-bond donors (Lipinski definition) is 0. The van der Waals surface area contributed by atoms with Crippen molar-refractivity contribution in [3.05, 3.63) is 84.1 Å². The van der Waals surface area contributed by atoms with Crippen LogP contribution in [0.2, 0.25) is 0 Å². The van der Waals surface area contributed by atoms with Crippen molar-refractivity contribution in [1.29, 1.82) is 5.26 Å². The molecule has 4 heteroatoms. The summed E-state index contributed by atoms with van der Waals surface area (Å²) in [5.41, 5.74) is 3.73. The SMILES string of the molecule is [CH2]C1=C(CCc2ccc(OC)cc2)C=C(c2ccccn2)C(C#N)C1=O. The highest BCUT2D eigenvalue weighted by atomic mass is 16.5. The van der Waals surface area contributed by atoms with Crippen LogP contribution in [0.25, 0.3) is 5.57 Å². The maximum Gasteiger partial charge on any atom is 0.180 e. The molecule has 1 heterocycles. The molecule has 1 aromatic carbocycles. The molecule has 0 fully saturated rings. The molecule has 0 saturated carbocycles. The first-order chi connectivity index (χ1) is 12.6. The van der Waals surface area contributed by atoms with E-state index >= 15 is 0 Å². The van der Waals surface area contributed by atoms with Crippen LogP contribution >= 0.6 is 0 Å². The molecule has 1 aromatic heterocycles. The second-order valence-corrected chi connectivity index (χ2v) is 6.09. The molecule has 0 aliphatic heterocycles. The highest BCUT2D eigenvalue weighted by molar-refractivity contribution is 6.10. The average molecular weight is 343 g/mol. The largest absolute Gasteiger partial charge is 0.497 e. The third-order valence-electron chi connectivity index (χ3n) is 4.52. The fraction of sp³-hybridized carbons (Fsp3) is 0.182. The van der Waals surface area contributed by atoms with E-state index in [-0.39, 0.29) is 5.78 Å². The number of rotatable bonds is 5. The van der Waals surface area contributed by atoms with E-state index < -0.39 is 5.92 Å². The van der Waals surface area contributed by atoms with Crippen LogP contribution in [-0.4, -0.2) is 17.9 Å². The molecule has 3 rings (SSSR count). The zero-order chi connectivity index (χ0) is 18.5. The molecule has 1 unspecified atom stereocenters. The number of carbonyl (C=O) groups excluding carboxylic acids is 1. The molecule has 1 atom stereocenters. The summed E-state index contributed by atoms with van der Waals surface area (Å²) in [5.74, 6) is -0.268. The molecule has 0 saturated heterocycles. The minimum Gasteiger partial charge on any atom is -0.497 e. The van der Waals surface area contributed by atoms with Gasteiger partial charge in [0.2, 0.25) is 0 Å². The molecule has 129 valence electrons. The van der Waals surface area contributed by atoms with E-state index in [1.54, 1.807) is 13.3 Å². The number of pyridine rings is 1. The van der Waals surface area contributed by atoms with Crippen LogP contribution in [0.1, 0.15) is 17.7 Å². The van der Waals surface area contributed by atoms with E-state index in [0.717, 1.165) is 23.3 Å². The van der Waals surface area contributed by atoms with Crippen molar-refractivity contribution >= 4 is 11.4 Å². The lowest BCUT2D eigenvalue weighted by Crippen LogP contribution is -2.21. The zero-order valence-corrected chi connectivity index (χ0v) is 14.6. The van der Waals surface area contributed by atoms with Crippen LogP contribution in [0.4, 0.5) is 0 Å². The summed E-state index contributed by atoms with van der Waals surface area (Å²) in [6, 6.07) is 15.4. The van der Waals surface area contributed by atoms with E-state index in [0.29, 0.717) is 23.3 Å². The molecule has 1 aliphatic carbocycles. The number of Topliss-reactive ketones (excluding diaryl/α,β-unsaturated/α-hetero) is 1. The molecular weight excluding hydrogens is 324 g/mol. The number of benzene rings is 1. The van der Waals surface area contributed by atoms with E-state index in [9.17, 15) is 10.1 Å². The lowest BCUT2D eigenvalue weighted by Gasteiger charge is -2.21. The standard InChI is InChI=1S/C22H19N2O2/c1-15-17(9-6-16-7-10-18(26-2)11-8-16)13-19(20(14-23)22(15)25)21-5-3-4-12-24-21/h3-5,7-8,10-13,20H,1,6,9H2,2H3. The fourth-order valence-electron chi connectivity index (χ4n) is 3.01. The summed E-state index contributed by atoms with van der Waals surface area (Å²) >= 11 is 0. The minimum atomic E-state index is -0.845. The lowest BCUT2D eigenvalue weighted by atomic mass is 9.80. The Labute approximate surface area is 153 Å². The van der Waals surface area contributed by atoms with E-state index in [4.69, 9.17) is 4.74 Å². The van der Waals surface area contributed by atoms with Crippen molar-refractivity contribution in [2.45, 2.75) is 12.8 Å². The molecule has 1 aliphatic rings. The molecule has 4 nitrogen and oxygen atoms in total. The topological polar surface area (TPSA) is 63.0 Å². The number of allylic oxidation sites excluding steroid dienone is 4. The smallest absolute Gasteiger partial charge is 0.180 e. The van der Waals surface area contributed by atoms with Crippen LogP contribution in [0.15, 0.2) is 65.9 Å². The van der Waals surface area contributed by atoms with Gasteiger partial charge in [-0.25, -0.2) is 0 Å². The van der Waals surface area contributed by atoms with Gasteiger partial charge in [0, 0.05) is 17.3 Å². The van der Waals surface area contributed by atoms with Gasteiger partial charge in [-0.1, -0.05) is 24.3 Å². The predicted molar refractivity (Wildman–Crippen MR) is 100 cm³/mol. The predicted octanol–water partition coefficient (Wildman–Crippen LogP) is 3.96. The van der Waals surface area contributed by atoms with Gasteiger partial charge >= 0.3 is 0 Å². The molecule has 0 amide bonds. The number of nitriles is 1. The Bertz CT molecular complexity index is 903. The first kappa shape index (κ1) is 17.6. The first-order valence-electron chi connectivity index (χ1n) is 8.39. The summed E-state index contributed by atoms with van der Waals surface area (Å²) in [5, 5.41) is 9.45. The summed E-state index contributed by atoms with van der Waals surface area (Å²) < 4.78 is 5.17. The maximum absolute atomic E-state index is 12.6. The van der Waals surface area contributed by atoms with Gasteiger partial charge in [-0.3, -0.25) is 9.78 Å². The third-order valence-corrected chi connectivity index (χ3v) is 4.52. The second kappa shape index (κ2) is 7.79. The normalized spacial score (nSPS) is 16.9. The first-order valence-corrected chi connectivity index (χ1v) is 8.39. The number of aryl methyl sites for hydroxylation is 1. The van der Waals surface area contributed by atoms with Gasteiger partial charge in [0.1, 0.15) is 11.7 Å². The highest BCUT2D eigenvalue weighted by Gasteiger charge is 2.30. The van der Waals surface area contributed by atoms with Crippen molar-refractivity contribution in [2.75, 3.05) is 7.11 Å². The Morgan fingerprint density at radius 2 is 1.96 bits per heavy atom. The summed E-state index contributed by atoms with van der Waals surface area (Å²) in [6.45, 7) is 3.92. The number of ketones is 1. The van der Waals surface area contributed by atoms with E-state index in [1.807, 2.05) is 48.5 Å². The molecule has 2 aromatic rings. The number of hydrogen-bond acceptors (Lipinski definition) is 4. The number of nitrogens with zero attached hydrogens (tertiary/aromatic N) is 2. The summed E-state index contributed by atoms with van der Waals surface area (Å²) in [7, 11) is 1.64. The molecule has 0 N–H and O–H groups in total. The Balaban J connectivity index is 1.87.